The molecule has 0 spiro atoms. The van der Waals surface area contributed by atoms with Crippen molar-refractivity contribution in [1.29, 1.82) is 0 Å². The number of methoxy groups -OCH3 is 1. The molecular formula is C24H31N5OS. The molecule has 4 heterocycles. The number of piperidine rings is 2. The third kappa shape index (κ3) is 4.77. The van der Waals surface area contributed by atoms with Crippen molar-refractivity contribution in [3.8, 4) is 5.75 Å². The lowest BCUT2D eigenvalue weighted by Crippen LogP contribution is -2.46. The lowest BCUT2D eigenvalue weighted by molar-refractivity contribution is 0.141. The molecule has 1 N–H and O–H groups in total. The maximum absolute atomic E-state index is 5.22. The minimum Gasteiger partial charge on any atom is -0.497 e. The molecule has 0 amide bonds. The summed E-state index contributed by atoms with van der Waals surface area (Å²) in [5, 5.41) is 4.57. The Morgan fingerprint density at radius 1 is 1.06 bits per heavy atom. The highest BCUT2D eigenvalue weighted by Crippen LogP contribution is 2.32. The zero-order chi connectivity index (χ0) is 21.0. The maximum atomic E-state index is 5.22. The Kier molecular flexibility index (Phi) is 6.22. The number of nitrogens with one attached hydrogen (secondary N) is 1. The first kappa shape index (κ1) is 20.5. The zero-order valence-electron chi connectivity index (χ0n) is 18.2. The number of anilines is 2. The van der Waals surface area contributed by atoms with Crippen LogP contribution in [0.4, 0.5) is 10.9 Å². The Bertz CT molecular complexity index is 991. The fourth-order valence-corrected chi connectivity index (χ4v) is 5.72. The van der Waals surface area contributed by atoms with Gasteiger partial charge in [0.15, 0.2) is 5.13 Å². The lowest BCUT2D eigenvalue weighted by Gasteiger charge is -2.40. The number of ether oxygens (including phenoxy) is 1. The largest absolute Gasteiger partial charge is 0.497 e. The molecule has 0 radical (unpaired) electrons. The molecule has 0 unspecified atom stereocenters. The van der Waals surface area contributed by atoms with Crippen LogP contribution in [-0.2, 0) is 6.54 Å². The van der Waals surface area contributed by atoms with Gasteiger partial charge in [-0.15, -0.1) is 0 Å². The van der Waals surface area contributed by atoms with Gasteiger partial charge in [-0.25, -0.2) is 9.97 Å². The molecule has 0 aliphatic carbocycles. The molecule has 0 saturated carbocycles. The lowest BCUT2D eigenvalue weighted by atomic mass is 10.0. The first-order chi connectivity index (χ1) is 15.3. The number of pyridine rings is 1. The van der Waals surface area contributed by atoms with E-state index in [0.717, 1.165) is 47.9 Å². The summed E-state index contributed by atoms with van der Waals surface area (Å²) in [6.45, 7) is 5.54. The number of hydrogen-bond donors (Lipinski definition) is 1. The molecule has 3 aromatic rings. The number of rotatable bonds is 6. The van der Waals surface area contributed by atoms with E-state index in [1.54, 1.807) is 18.4 Å². The first-order valence-corrected chi connectivity index (χ1v) is 12.2. The minimum atomic E-state index is 0.734. The summed E-state index contributed by atoms with van der Waals surface area (Å²) in [4.78, 5) is 14.6. The predicted molar refractivity (Wildman–Crippen MR) is 128 cm³/mol. The van der Waals surface area contributed by atoms with Crippen LogP contribution in [-0.4, -0.2) is 54.2 Å². The summed E-state index contributed by atoms with van der Waals surface area (Å²) < 4.78 is 6.42. The van der Waals surface area contributed by atoms with Crippen molar-refractivity contribution < 1.29 is 4.74 Å². The molecule has 1 aromatic carbocycles. The van der Waals surface area contributed by atoms with Crippen LogP contribution in [0, 0.1) is 0 Å². The van der Waals surface area contributed by atoms with E-state index in [4.69, 9.17) is 9.72 Å². The van der Waals surface area contributed by atoms with Crippen LogP contribution in [0.1, 0.15) is 37.7 Å². The molecule has 6 nitrogen and oxygen atoms in total. The van der Waals surface area contributed by atoms with Gasteiger partial charge in [0, 0.05) is 31.7 Å². The number of fused-ring (bicyclic) bond motifs is 1. The van der Waals surface area contributed by atoms with E-state index in [9.17, 15) is 0 Å². The van der Waals surface area contributed by atoms with Crippen LogP contribution in [0.3, 0.4) is 0 Å². The summed E-state index contributed by atoms with van der Waals surface area (Å²) in [7, 11) is 1.69. The number of likely N-dealkylation sites (tertiary alicyclic amines) is 1. The Balaban J connectivity index is 1.20. The van der Waals surface area contributed by atoms with Gasteiger partial charge in [-0.2, -0.15) is 0 Å². The van der Waals surface area contributed by atoms with Gasteiger partial charge in [0.1, 0.15) is 17.1 Å². The van der Waals surface area contributed by atoms with Crippen molar-refractivity contribution in [3.63, 3.8) is 0 Å². The number of aromatic nitrogens is 2. The summed E-state index contributed by atoms with van der Waals surface area (Å²) in [6, 6.07) is 11.0. The fourth-order valence-electron chi connectivity index (χ4n) is 4.69. The van der Waals surface area contributed by atoms with E-state index < -0.39 is 0 Å². The van der Waals surface area contributed by atoms with Gasteiger partial charge in [0.05, 0.1) is 18.0 Å². The van der Waals surface area contributed by atoms with Crippen molar-refractivity contribution >= 4 is 32.5 Å². The number of benzene rings is 1. The van der Waals surface area contributed by atoms with E-state index in [0.29, 0.717) is 0 Å². The normalized spacial score (nSPS) is 18.4. The number of nitrogens with zero attached hydrogens (tertiary/aromatic N) is 4. The second-order valence-electron chi connectivity index (χ2n) is 8.55. The molecule has 2 aliphatic rings. The molecule has 164 valence electrons. The van der Waals surface area contributed by atoms with E-state index in [1.165, 1.54) is 55.5 Å². The van der Waals surface area contributed by atoms with Gasteiger partial charge >= 0.3 is 0 Å². The Labute approximate surface area is 188 Å². The molecule has 0 atom stereocenters. The monoisotopic (exact) mass is 437 g/mol. The van der Waals surface area contributed by atoms with Crippen molar-refractivity contribution in [3.05, 3.63) is 42.1 Å². The first-order valence-electron chi connectivity index (χ1n) is 11.4. The number of hydrogen-bond acceptors (Lipinski definition) is 7. The van der Waals surface area contributed by atoms with Gasteiger partial charge in [-0.05, 0) is 56.5 Å². The van der Waals surface area contributed by atoms with Crippen molar-refractivity contribution in [2.45, 2.75) is 44.7 Å². The van der Waals surface area contributed by atoms with E-state index in [2.05, 4.69) is 38.3 Å². The smallest absolute Gasteiger partial charge is 0.186 e. The Hall–Kier alpha value is -2.38. The fraction of sp³-hybridized carbons (Fsp3) is 0.500. The molecule has 5 rings (SSSR count). The topological polar surface area (TPSA) is 53.5 Å². The van der Waals surface area contributed by atoms with Crippen molar-refractivity contribution in [2.24, 2.45) is 0 Å². The van der Waals surface area contributed by atoms with Gasteiger partial charge in [0.25, 0.3) is 0 Å². The maximum Gasteiger partial charge on any atom is 0.186 e. The predicted octanol–water partition coefficient (Wildman–Crippen LogP) is 4.77. The third-order valence-corrected chi connectivity index (χ3v) is 7.62. The Morgan fingerprint density at radius 2 is 1.84 bits per heavy atom. The highest BCUT2D eigenvalue weighted by molar-refractivity contribution is 7.22. The van der Waals surface area contributed by atoms with Gasteiger partial charge in [0.2, 0.25) is 0 Å². The van der Waals surface area contributed by atoms with E-state index in [-0.39, 0.29) is 0 Å². The van der Waals surface area contributed by atoms with Gasteiger partial charge < -0.3 is 19.9 Å². The highest BCUT2D eigenvalue weighted by atomic mass is 32.1. The summed E-state index contributed by atoms with van der Waals surface area (Å²) in [6.07, 6.45) is 8.56. The highest BCUT2D eigenvalue weighted by Gasteiger charge is 2.26. The minimum absolute atomic E-state index is 0.734. The quantitative estimate of drug-likeness (QED) is 0.600. The standard InChI is InChI=1S/C24H31N5OS/c1-30-20-7-5-18(6-8-20)16-25-23-15-22-21(17-26-23)27-24(31-22)29-13-9-19(10-14-29)28-11-3-2-4-12-28/h5-8,15,17,19H,2-4,9-14,16H2,1H3,(H,25,26). The Morgan fingerprint density at radius 3 is 2.58 bits per heavy atom. The molecule has 31 heavy (non-hydrogen) atoms. The second-order valence-corrected chi connectivity index (χ2v) is 9.56. The second kappa shape index (κ2) is 9.40. The molecule has 2 aliphatic heterocycles. The molecule has 0 bridgehead atoms. The van der Waals surface area contributed by atoms with Crippen LogP contribution < -0.4 is 15.0 Å². The molecule has 2 aromatic heterocycles. The SMILES string of the molecule is COc1ccc(CNc2cc3sc(N4CCC(N5CCCCC5)CC4)nc3cn2)cc1. The van der Waals surface area contributed by atoms with Crippen molar-refractivity contribution in [1.82, 2.24) is 14.9 Å². The number of thiazole rings is 1. The average Bonchev–Trinajstić information content (AvgIpc) is 3.27. The van der Waals surface area contributed by atoms with E-state index in [1.807, 2.05) is 18.3 Å². The molecule has 2 fully saturated rings. The third-order valence-electron chi connectivity index (χ3n) is 6.54. The molecule has 2 saturated heterocycles. The summed E-state index contributed by atoms with van der Waals surface area (Å²) >= 11 is 1.79. The summed E-state index contributed by atoms with van der Waals surface area (Å²) in [5.41, 5.74) is 2.19. The zero-order valence-corrected chi connectivity index (χ0v) is 19.0. The van der Waals surface area contributed by atoms with E-state index >= 15 is 0 Å². The van der Waals surface area contributed by atoms with Crippen LogP contribution in [0.15, 0.2) is 36.5 Å². The van der Waals surface area contributed by atoms with Crippen LogP contribution in [0.5, 0.6) is 5.75 Å². The van der Waals surface area contributed by atoms with Crippen LogP contribution >= 0.6 is 11.3 Å². The molecular weight excluding hydrogens is 406 g/mol. The average molecular weight is 438 g/mol. The van der Waals surface area contributed by atoms with Crippen molar-refractivity contribution in [2.75, 3.05) is 43.5 Å². The van der Waals surface area contributed by atoms with Gasteiger partial charge in [-0.1, -0.05) is 29.9 Å². The summed E-state index contributed by atoms with van der Waals surface area (Å²) in [5.74, 6) is 1.77. The van der Waals surface area contributed by atoms with Crippen LogP contribution in [0.2, 0.25) is 0 Å². The van der Waals surface area contributed by atoms with Gasteiger partial charge in [-0.3, -0.25) is 0 Å². The van der Waals surface area contributed by atoms with Crippen LogP contribution in [0.25, 0.3) is 10.2 Å². The molecule has 7 heteroatoms.